The molecule has 2 atom stereocenters. The lowest BCUT2D eigenvalue weighted by atomic mass is 10.0. The Balaban J connectivity index is 1.72. The second-order valence-corrected chi connectivity index (χ2v) is 5.80. The minimum atomic E-state index is -0.182. The maximum Gasteiger partial charge on any atom is 0.255 e. The minimum absolute atomic E-state index is 0.00230. The normalized spacial score (nSPS) is 20.7. The second-order valence-electron chi connectivity index (χ2n) is 5.80. The van der Waals surface area contributed by atoms with E-state index in [0.29, 0.717) is 36.1 Å². The predicted molar refractivity (Wildman–Crippen MR) is 84.3 cm³/mol. The van der Waals surface area contributed by atoms with Gasteiger partial charge in [0.1, 0.15) is 11.5 Å². The second kappa shape index (κ2) is 6.37. The molecular weight excluding hydrogens is 296 g/mol. The molecule has 0 spiro atoms. The highest BCUT2D eigenvalue weighted by Gasteiger charge is 2.35. The Hall–Kier alpha value is -2.41. The standard InChI is InChI=1S/C16H20N4O3/c1-10-6-13(11(2)23-10)15(22)19-14-8-20(7-12(14)9-21)16-17-4-3-5-18-16/h3-6,12,14,21H,7-9H2,1-2H3,(H,19,22)/t12-,14+/m0/s1. The van der Waals surface area contributed by atoms with Crippen molar-refractivity contribution in [3.63, 3.8) is 0 Å². The van der Waals surface area contributed by atoms with E-state index in [1.54, 1.807) is 31.5 Å². The lowest BCUT2D eigenvalue weighted by Gasteiger charge is -2.17. The molecule has 0 unspecified atom stereocenters. The van der Waals surface area contributed by atoms with E-state index in [1.807, 2.05) is 11.8 Å². The van der Waals surface area contributed by atoms with Crippen molar-refractivity contribution in [3.8, 4) is 0 Å². The molecule has 122 valence electrons. The van der Waals surface area contributed by atoms with E-state index in [9.17, 15) is 9.90 Å². The van der Waals surface area contributed by atoms with Crippen molar-refractivity contribution in [1.82, 2.24) is 15.3 Å². The maximum atomic E-state index is 12.4. The van der Waals surface area contributed by atoms with Crippen molar-refractivity contribution < 1.29 is 14.3 Å². The quantitative estimate of drug-likeness (QED) is 0.871. The molecule has 7 nitrogen and oxygen atoms in total. The predicted octanol–water partition coefficient (Wildman–Crippen LogP) is 0.914. The van der Waals surface area contributed by atoms with Crippen LogP contribution in [0.2, 0.25) is 0 Å². The number of aliphatic hydroxyl groups excluding tert-OH is 1. The van der Waals surface area contributed by atoms with Gasteiger partial charge in [-0.25, -0.2) is 9.97 Å². The van der Waals surface area contributed by atoms with Crippen molar-refractivity contribution in [2.75, 3.05) is 24.6 Å². The lowest BCUT2D eigenvalue weighted by Crippen LogP contribution is -2.41. The molecule has 2 N–H and O–H groups in total. The number of carbonyl (C=O) groups excluding carboxylic acids is 1. The fraction of sp³-hybridized carbons (Fsp3) is 0.438. The van der Waals surface area contributed by atoms with Gasteiger partial charge in [-0.1, -0.05) is 0 Å². The van der Waals surface area contributed by atoms with Gasteiger partial charge in [0.15, 0.2) is 0 Å². The molecule has 1 saturated heterocycles. The van der Waals surface area contributed by atoms with E-state index in [-0.39, 0.29) is 24.5 Å². The van der Waals surface area contributed by atoms with Crippen molar-refractivity contribution in [1.29, 1.82) is 0 Å². The number of hydrogen-bond donors (Lipinski definition) is 2. The van der Waals surface area contributed by atoms with Crippen LogP contribution in [0.25, 0.3) is 0 Å². The summed E-state index contributed by atoms with van der Waals surface area (Å²) in [6.07, 6.45) is 3.36. The number of hydrogen-bond acceptors (Lipinski definition) is 6. The number of nitrogens with zero attached hydrogens (tertiary/aromatic N) is 3. The van der Waals surface area contributed by atoms with Gasteiger partial charge >= 0.3 is 0 Å². The molecule has 0 aliphatic carbocycles. The number of aromatic nitrogens is 2. The van der Waals surface area contributed by atoms with Crippen LogP contribution in [0, 0.1) is 19.8 Å². The molecule has 7 heteroatoms. The van der Waals surface area contributed by atoms with Crippen LogP contribution in [0.15, 0.2) is 28.9 Å². The summed E-state index contributed by atoms with van der Waals surface area (Å²) >= 11 is 0. The Morgan fingerprint density at radius 2 is 2.13 bits per heavy atom. The minimum Gasteiger partial charge on any atom is -0.466 e. The molecular formula is C16H20N4O3. The molecule has 2 aromatic rings. The van der Waals surface area contributed by atoms with Crippen molar-refractivity contribution in [2.45, 2.75) is 19.9 Å². The monoisotopic (exact) mass is 316 g/mol. The average molecular weight is 316 g/mol. The molecule has 0 bridgehead atoms. The van der Waals surface area contributed by atoms with E-state index in [1.165, 1.54) is 0 Å². The van der Waals surface area contributed by atoms with E-state index >= 15 is 0 Å². The SMILES string of the molecule is Cc1cc(C(=O)N[C@@H]2CN(c3ncccn3)C[C@H]2CO)c(C)o1. The summed E-state index contributed by atoms with van der Waals surface area (Å²) < 4.78 is 5.40. The highest BCUT2D eigenvalue weighted by Crippen LogP contribution is 2.22. The highest BCUT2D eigenvalue weighted by atomic mass is 16.3. The maximum absolute atomic E-state index is 12.4. The van der Waals surface area contributed by atoms with Gasteiger partial charge in [-0.2, -0.15) is 0 Å². The van der Waals surface area contributed by atoms with Gasteiger partial charge in [0.05, 0.1) is 11.6 Å². The number of aryl methyl sites for hydroxylation is 2. The summed E-state index contributed by atoms with van der Waals surface area (Å²) in [4.78, 5) is 22.9. The van der Waals surface area contributed by atoms with E-state index in [0.717, 1.165) is 0 Å². The fourth-order valence-corrected chi connectivity index (χ4v) is 2.94. The van der Waals surface area contributed by atoms with Gasteiger partial charge in [-0.05, 0) is 26.0 Å². The molecule has 1 fully saturated rings. The van der Waals surface area contributed by atoms with E-state index < -0.39 is 0 Å². The van der Waals surface area contributed by atoms with Gasteiger partial charge in [-0.3, -0.25) is 4.79 Å². The number of carbonyl (C=O) groups is 1. The van der Waals surface area contributed by atoms with Crippen LogP contribution < -0.4 is 10.2 Å². The first kappa shape index (κ1) is 15.5. The first-order valence-corrected chi connectivity index (χ1v) is 7.59. The Bertz CT molecular complexity index is 686. The molecule has 1 aliphatic heterocycles. The van der Waals surface area contributed by atoms with Crippen LogP contribution in [0.1, 0.15) is 21.9 Å². The van der Waals surface area contributed by atoms with Gasteiger partial charge in [-0.15, -0.1) is 0 Å². The molecule has 0 saturated carbocycles. The third kappa shape index (κ3) is 3.19. The highest BCUT2D eigenvalue weighted by molar-refractivity contribution is 5.95. The van der Waals surface area contributed by atoms with Crippen molar-refractivity contribution in [2.24, 2.45) is 5.92 Å². The summed E-state index contributed by atoms with van der Waals surface area (Å²) in [6.45, 7) is 4.75. The van der Waals surface area contributed by atoms with Gasteiger partial charge < -0.3 is 19.7 Å². The molecule has 23 heavy (non-hydrogen) atoms. The topological polar surface area (TPSA) is 91.5 Å². The summed E-state index contributed by atoms with van der Waals surface area (Å²) in [5.74, 6) is 1.67. The third-order valence-corrected chi connectivity index (χ3v) is 4.11. The van der Waals surface area contributed by atoms with E-state index in [4.69, 9.17) is 4.42 Å². The average Bonchev–Trinajstić information content (AvgIpc) is 3.11. The number of rotatable bonds is 4. The van der Waals surface area contributed by atoms with Crippen LogP contribution in [0.3, 0.4) is 0 Å². The largest absolute Gasteiger partial charge is 0.466 e. The fourth-order valence-electron chi connectivity index (χ4n) is 2.94. The number of furan rings is 1. The Kier molecular flexibility index (Phi) is 4.29. The Labute approximate surface area is 134 Å². The molecule has 1 amide bonds. The summed E-state index contributed by atoms with van der Waals surface area (Å²) in [5.41, 5.74) is 0.536. The molecule has 0 aromatic carbocycles. The van der Waals surface area contributed by atoms with Crippen LogP contribution in [0.5, 0.6) is 0 Å². The number of nitrogens with one attached hydrogen (secondary N) is 1. The summed E-state index contributed by atoms with van der Waals surface area (Å²) in [5, 5.41) is 12.6. The number of aliphatic hydroxyl groups is 1. The Morgan fingerprint density at radius 3 is 2.74 bits per heavy atom. The summed E-state index contributed by atoms with van der Waals surface area (Å²) in [6, 6.07) is 3.32. The van der Waals surface area contributed by atoms with Crippen molar-refractivity contribution in [3.05, 3.63) is 41.6 Å². The zero-order valence-electron chi connectivity index (χ0n) is 13.2. The molecule has 3 heterocycles. The molecule has 1 aliphatic rings. The van der Waals surface area contributed by atoms with E-state index in [2.05, 4.69) is 15.3 Å². The smallest absolute Gasteiger partial charge is 0.255 e. The van der Waals surface area contributed by atoms with Crippen LogP contribution in [-0.4, -0.2) is 46.7 Å². The first-order valence-electron chi connectivity index (χ1n) is 7.59. The van der Waals surface area contributed by atoms with Gasteiger partial charge in [0.2, 0.25) is 5.95 Å². The van der Waals surface area contributed by atoms with Crippen LogP contribution in [0.4, 0.5) is 5.95 Å². The Morgan fingerprint density at radius 1 is 1.39 bits per heavy atom. The lowest BCUT2D eigenvalue weighted by molar-refractivity contribution is 0.0920. The van der Waals surface area contributed by atoms with Crippen LogP contribution in [-0.2, 0) is 0 Å². The molecule has 3 rings (SSSR count). The first-order chi connectivity index (χ1) is 11.1. The van der Waals surface area contributed by atoms with Crippen molar-refractivity contribution >= 4 is 11.9 Å². The third-order valence-electron chi connectivity index (χ3n) is 4.11. The van der Waals surface area contributed by atoms with Gasteiger partial charge in [0.25, 0.3) is 5.91 Å². The zero-order valence-corrected chi connectivity index (χ0v) is 13.2. The number of anilines is 1. The summed E-state index contributed by atoms with van der Waals surface area (Å²) in [7, 11) is 0. The van der Waals surface area contributed by atoms with Gasteiger partial charge in [0, 0.05) is 38.0 Å². The zero-order chi connectivity index (χ0) is 16.4. The molecule has 0 radical (unpaired) electrons. The van der Waals surface area contributed by atoms with Crippen LogP contribution >= 0.6 is 0 Å². The number of amides is 1. The molecule has 2 aromatic heterocycles.